The molecule has 1 aromatic heterocycles. The van der Waals surface area contributed by atoms with Crippen LogP contribution in [-0.4, -0.2) is 53.4 Å². The van der Waals surface area contributed by atoms with Gasteiger partial charge < -0.3 is 5.32 Å². The number of benzene rings is 3. The van der Waals surface area contributed by atoms with E-state index in [2.05, 4.69) is 20.1 Å². The normalized spacial score (nSPS) is 15.1. The van der Waals surface area contributed by atoms with Crippen LogP contribution in [0.1, 0.15) is 17.2 Å². The predicted octanol–water partition coefficient (Wildman–Crippen LogP) is 5.06. The molecule has 35 heavy (non-hydrogen) atoms. The van der Waals surface area contributed by atoms with Crippen molar-refractivity contribution in [2.24, 2.45) is 0 Å². The van der Waals surface area contributed by atoms with Crippen LogP contribution in [0.3, 0.4) is 0 Å². The van der Waals surface area contributed by atoms with E-state index in [1.165, 1.54) is 47.7 Å². The van der Waals surface area contributed by atoms with Crippen molar-refractivity contribution < 1.29 is 18.0 Å². The number of carbonyl (C=O) groups excluding carboxylic acids is 1. The fourth-order valence-electron chi connectivity index (χ4n) is 4.40. The van der Waals surface area contributed by atoms with Gasteiger partial charge in [-0.25, -0.2) is 18.2 Å². The third-order valence-corrected chi connectivity index (χ3v) is 7.04. The first-order valence-electron chi connectivity index (χ1n) is 11.3. The average Bonchev–Trinajstić information content (AvgIpc) is 3.24. The second kappa shape index (κ2) is 10.2. The SMILES string of the molecule is O=C(CN1CCN(C(c2ccc(F)cc2)c2ccc(F)cc2)CC1)Nc1nc2ccc(F)cc2s1. The van der Waals surface area contributed by atoms with Gasteiger partial charge in [-0.05, 0) is 53.6 Å². The molecule has 0 bridgehead atoms. The molecule has 0 unspecified atom stereocenters. The minimum absolute atomic E-state index is 0.143. The van der Waals surface area contributed by atoms with E-state index >= 15 is 0 Å². The van der Waals surface area contributed by atoms with Crippen LogP contribution in [0.5, 0.6) is 0 Å². The highest BCUT2D eigenvalue weighted by Crippen LogP contribution is 2.30. The summed E-state index contributed by atoms with van der Waals surface area (Å²) in [4.78, 5) is 21.3. The number of hydrogen-bond donors (Lipinski definition) is 1. The standard InChI is InChI=1S/C26H23F3N4OS/c27-19-5-1-17(2-6-19)25(18-3-7-20(28)8-4-18)33-13-11-32(12-14-33)16-24(34)31-26-30-22-10-9-21(29)15-23(22)35-26/h1-10,15,25H,11-14,16H2,(H,30,31,34). The first-order chi connectivity index (χ1) is 16.9. The number of fused-ring (bicyclic) bond motifs is 1. The predicted molar refractivity (Wildman–Crippen MR) is 131 cm³/mol. The van der Waals surface area contributed by atoms with Crippen LogP contribution in [0.4, 0.5) is 18.3 Å². The van der Waals surface area contributed by atoms with Crippen molar-refractivity contribution in [3.8, 4) is 0 Å². The smallest absolute Gasteiger partial charge is 0.240 e. The molecule has 1 N–H and O–H groups in total. The monoisotopic (exact) mass is 496 g/mol. The Kier molecular flexibility index (Phi) is 6.81. The Morgan fingerprint density at radius 3 is 2.03 bits per heavy atom. The van der Waals surface area contributed by atoms with Gasteiger partial charge in [-0.2, -0.15) is 0 Å². The van der Waals surface area contributed by atoms with E-state index < -0.39 is 0 Å². The molecule has 5 nitrogen and oxygen atoms in total. The second-order valence-electron chi connectivity index (χ2n) is 8.50. The molecule has 9 heteroatoms. The van der Waals surface area contributed by atoms with Gasteiger partial charge in [-0.15, -0.1) is 0 Å². The lowest BCUT2D eigenvalue weighted by atomic mass is 9.96. The lowest BCUT2D eigenvalue weighted by molar-refractivity contribution is -0.117. The van der Waals surface area contributed by atoms with Gasteiger partial charge in [0.15, 0.2) is 5.13 Å². The minimum Gasteiger partial charge on any atom is -0.301 e. The molecule has 1 amide bonds. The summed E-state index contributed by atoms with van der Waals surface area (Å²) < 4.78 is 41.1. The number of aromatic nitrogens is 1. The Hall–Kier alpha value is -3.27. The van der Waals surface area contributed by atoms with Crippen molar-refractivity contribution in [1.82, 2.24) is 14.8 Å². The summed E-state index contributed by atoms with van der Waals surface area (Å²) in [6.07, 6.45) is 0. The molecule has 180 valence electrons. The van der Waals surface area contributed by atoms with Gasteiger partial charge in [0.2, 0.25) is 5.91 Å². The number of anilines is 1. The van der Waals surface area contributed by atoms with Crippen LogP contribution in [0.25, 0.3) is 10.2 Å². The summed E-state index contributed by atoms with van der Waals surface area (Å²) in [7, 11) is 0. The number of thiazole rings is 1. The maximum atomic E-state index is 13.5. The maximum Gasteiger partial charge on any atom is 0.240 e. The summed E-state index contributed by atoms with van der Waals surface area (Å²) in [5, 5.41) is 3.26. The highest BCUT2D eigenvalue weighted by molar-refractivity contribution is 7.22. The highest BCUT2D eigenvalue weighted by atomic mass is 32.1. The lowest BCUT2D eigenvalue weighted by Gasteiger charge is -2.39. The van der Waals surface area contributed by atoms with Gasteiger partial charge in [0.05, 0.1) is 22.8 Å². The third kappa shape index (κ3) is 5.53. The number of amides is 1. The molecule has 3 aromatic carbocycles. The average molecular weight is 497 g/mol. The molecule has 4 aromatic rings. The Labute approximate surface area is 204 Å². The minimum atomic E-state index is -0.337. The molecule has 1 fully saturated rings. The van der Waals surface area contributed by atoms with Crippen LogP contribution in [0, 0.1) is 17.5 Å². The van der Waals surface area contributed by atoms with Crippen LogP contribution in [0.2, 0.25) is 0 Å². The molecular formula is C26H23F3N4OS. The molecule has 0 spiro atoms. The first-order valence-corrected chi connectivity index (χ1v) is 12.1. The van der Waals surface area contributed by atoms with Crippen LogP contribution in [0.15, 0.2) is 66.7 Å². The highest BCUT2D eigenvalue weighted by Gasteiger charge is 2.27. The fourth-order valence-corrected chi connectivity index (χ4v) is 5.30. The Bertz CT molecular complexity index is 1270. The first kappa shape index (κ1) is 23.5. The van der Waals surface area contributed by atoms with E-state index in [1.807, 2.05) is 0 Å². The van der Waals surface area contributed by atoms with Gasteiger partial charge in [0, 0.05) is 26.2 Å². The van der Waals surface area contributed by atoms with E-state index in [9.17, 15) is 18.0 Å². The lowest BCUT2D eigenvalue weighted by Crippen LogP contribution is -2.49. The number of piperazine rings is 1. The van der Waals surface area contributed by atoms with Crippen molar-refractivity contribution in [2.75, 3.05) is 38.0 Å². The van der Waals surface area contributed by atoms with Gasteiger partial charge >= 0.3 is 0 Å². The molecule has 0 aliphatic carbocycles. The molecule has 0 saturated carbocycles. The molecule has 1 aliphatic heterocycles. The van der Waals surface area contributed by atoms with Crippen LogP contribution < -0.4 is 5.32 Å². The summed E-state index contributed by atoms with van der Waals surface area (Å²) in [6.45, 7) is 2.92. The summed E-state index contributed by atoms with van der Waals surface area (Å²) in [5.41, 5.74) is 2.50. The Morgan fingerprint density at radius 2 is 1.43 bits per heavy atom. The van der Waals surface area contributed by atoms with Gasteiger partial charge in [0.25, 0.3) is 0 Å². The van der Waals surface area contributed by atoms with Crippen molar-refractivity contribution in [3.05, 3.63) is 95.3 Å². The molecule has 2 heterocycles. The van der Waals surface area contributed by atoms with E-state index in [-0.39, 0.29) is 35.9 Å². The number of hydrogen-bond acceptors (Lipinski definition) is 5. The van der Waals surface area contributed by atoms with Crippen molar-refractivity contribution >= 4 is 32.6 Å². The number of rotatable bonds is 6. The summed E-state index contributed by atoms with van der Waals surface area (Å²) >= 11 is 1.24. The van der Waals surface area contributed by atoms with Gasteiger partial charge in [0.1, 0.15) is 17.5 Å². The fraction of sp³-hybridized carbons (Fsp3) is 0.231. The zero-order chi connectivity index (χ0) is 24.4. The number of carbonyl (C=O) groups is 1. The topological polar surface area (TPSA) is 48.5 Å². The quantitative estimate of drug-likeness (QED) is 0.406. The van der Waals surface area contributed by atoms with Gasteiger partial charge in [-0.1, -0.05) is 35.6 Å². The number of nitrogens with zero attached hydrogens (tertiary/aromatic N) is 3. The van der Waals surface area contributed by atoms with E-state index in [0.29, 0.717) is 41.5 Å². The van der Waals surface area contributed by atoms with E-state index in [4.69, 9.17) is 0 Å². The zero-order valence-corrected chi connectivity index (χ0v) is 19.6. The van der Waals surface area contributed by atoms with Crippen molar-refractivity contribution in [2.45, 2.75) is 6.04 Å². The van der Waals surface area contributed by atoms with Crippen LogP contribution >= 0.6 is 11.3 Å². The molecule has 1 aliphatic rings. The Morgan fingerprint density at radius 1 is 0.857 bits per heavy atom. The second-order valence-corrected chi connectivity index (χ2v) is 9.53. The van der Waals surface area contributed by atoms with Crippen molar-refractivity contribution in [3.63, 3.8) is 0 Å². The number of halogens is 3. The zero-order valence-electron chi connectivity index (χ0n) is 18.8. The molecule has 0 radical (unpaired) electrons. The molecular weight excluding hydrogens is 473 g/mol. The summed E-state index contributed by atoms with van der Waals surface area (Å²) in [6, 6.07) is 17.0. The van der Waals surface area contributed by atoms with Crippen molar-refractivity contribution in [1.29, 1.82) is 0 Å². The number of nitrogens with one attached hydrogen (secondary N) is 1. The summed E-state index contributed by atoms with van der Waals surface area (Å²) in [5.74, 6) is -1.12. The largest absolute Gasteiger partial charge is 0.301 e. The van der Waals surface area contributed by atoms with E-state index in [0.717, 1.165) is 11.1 Å². The molecule has 1 saturated heterocycles. The maximum absolute atomic E-state index is 13.5. The van der Waals surface area contributed by atoms with Crippen LogP contribution in [-0.2, 0) is 4.79 Å². The van der Waals surface area contributed by atoms with Gasteiger partial charge in [-0.3, -0.25) is 14.6 Å². The molecule has 5 rings (SSSR count). The van der Waals surface area contributed by atoms with E-state index in [1.54, 1.807) is 30.3 Å². The molecule has 0 atom stereocenters. The third-order valence-electron chi connectivity index (χ3n) is 6.11. The Balaban J connectivity index is 1.23.